The van der Waals surface area contributed by atoms with Crippen LogP contribution >= 0.6 is 0 Å². The van der Waals surface area contributed by atoms with Gasteiger partial charge in [-0.15, -0.1) is 0 Å². The van der Waals surface area contributed by atoms with Gasteiger partial charge in [0, 0.05) is 42.2 Å². The van der Waals surface area contributed by atoms with Gasteiger partial charge in [0.1, 0.15) is 5.75 Å². The molecule has 4 heteroatoms. The zero-order valence-electron chi connectivity index (χ0n) is 18.6. The lowest BCUT2D eigenvalue weighted by Crippen LogP contribution is -2.74. The highest BCUT2D eigenvalue weighted by atomic mass is 16.5. The van der Waals surface area contributed by atoms with Gasteiger partial charge in [0.05, 0.1) is 11.7 Å². The molecule has 0 amide bonds. The highest BCUT2D eigenvalue weighted by Crippen LogP contribution is 2.70. The second-order valence-corrected chi connectivity index (χ2v) is 11.4. The standard InChI is InChI=1S/C28H32N2O2/c31-21-9-8-19-14-25-28-11-10-23-26(24(32-28)17-30(23)20-4-2-1-3-5-20)27(28,22(19)15-21)12-13-29(25)16-18-6-7-18/h1-5,8-9,15,18,23-26,31H,6-7,10-14,16-17H2/t23-,24-,25-,26+,27+,28-/m1/s1. The number of hydrogen-bond donors (Lipinski definition) is 1. The zero-order valence-corrected chi connectivity index (χ0v) is 18.6. The van der Waals surface area contributed by atoms with E-state index >= 15 is 0 Å². The molecular weight excluding hydrogens is 396 g/mol. The third kappa shape index (κ3) is 2.12. The molecule has 166 valence electrons. The predicted molar refractivity (Wildman–Crippen MR) is 124 cm³/mol. The van der Waals surface area contributed by atoms with Crippen LogP contribution < -0.4 is 4.90 Å². The van der Waals surface area contributed by atoms with Gasteiger partial charge in [0.2, 0.25) is 0 Å². The summed E-state index contributed by atoms with van der Waals surface area (Å²) in [5, 5.41) is 10.6. The lowest BCUT2D eigenvalue weighted by molar-refractivity contribution is -0.162. The number of phenols is 1. The average Bonchev–Trinajstić information content (AvgIpc) is 3.50. The summed E-state index contributed by atoms with van der Waals surface area (Å²) in [7, 11) is 0. The van der Waals surface area contributed by atoms with Crippen LogP contribution in [0.25, 0.3) is 0 Å². The molecule has 32 heavy (non-hydrogen) atoms. The van der Waals surface area contributed by atoms with Crippen molar-refractivity contribution in [2.45, 2.75) is 67.7 Å². The smallest absolute Gasteiger partial charge is 0.115 e. The molecule has 3 aliphatic heterocycles. The van der Waals surface area contributed by atoms with Gasteiger partial charge in [-0.25, -0.2) is 0 Å². The molecule has 0 aromatic heterocycles. The SMILES string of the molecule is Oc1ccc2c(c1)[C@]13CCN(CC4CC4)[C@H](C2)[C@]12CC[C@@H]1[C@H]3[C@@H](CN1c1ccccc1)O2. The minimum absolute atomic E-state index is 0.0428. The van der Waals surface area contributed by atoms with Gasteiger partial charge in [-0.05, 0) is 86.4 Å². The van der Waals surface area contributed by atoms with Gasteiger partial charge in [-0.2, -0.15) is 0 Å². The summed E-state index contributed by atoms with van der Waals surface area (Å²) < 4.78 is 7.34. The Morgan fingerprint density at radius 2 is 1.91 bits per heavy atom. The fraction of sp³-hybridized carbons (Fsp3) is 0.571. The maximum atomic E-state index is 10.6. The fourth-order valence-corrected chi connectivity index (χ4v) is 8.94. The Labute approximate surface area is 190 Å². The molecule has 0 spiro atoms. The van der Waals surface area contributed by atoms with E-state index in [1.807, 2.05) is 6.07 Å². The number of aromatic hydroxyl groups is 1. The molecule has 5 fully saturated rings. The quantitative estimate of drug-likeness (QED) is 0.798. The molecule has 3 aliphatic carbocycles. The van der Waals surface area contributed by atoms with E-state index in [0.717, 1.165) is 25.3 Å². The molecule has 6 atom stereocenters. The van der Waals surface area contributed by atoms with Crippen LogP contribution in [-0.4, -0.2) is 53.4 Å². The Morgan fingerprint density at radius 3 is 2.75 bits per heavy atom. The lowest BCUT2D eigenvalue weighted by atomic mass is 9.46. The Morgan fingerprint density at radius 1 is 1.03 bits per heavy atom. The number of anilines is 1. The Bertz CT molecular complexity index is 1080. The van der Waals surface area contributed by atoms with Crippen molar-refractivity contribution in [2.75, 3.05) is 24.5 Å². The van der Waals surface area contributed by atoms with Crippen molar-refractivity contribution in [1.82, 2.24) is 4.90 Å². The summed E-state index contributed by atoms with van der Waals surface area (Å²) in [4.78, 5) is 5.47. The summed E-state index contributed by atoms with van der Waals surface area (Å²) in [6, 6.07) is 18.2. The van der Waals surface area contributed by atoms with Crippen molar-refractivity contribution >= 4 is 5.69 Å². The van der Waals surface area contributed by atoms with Gasteiger partial charge in [0.25, 0.3) is 0 Å². The van der Waals surface area contributed by atoms with E-state index in [9.17, 15) is 5.11 Å². The maximum absolute atomic E-state index is 10.6. The largest absolute Gasteiger partial charge is 0.508 e. The number of para-hydroxylation sites is 1. The van der Waals surface area contributed by atoms with Gasteiger partial charge in [-0.3, -0.25) is 4.90 Å². The number of piperidine rings is 1. The van der Waals surface area contributed by atoms with Gasteiger partial charge >= 0.3 is 0 Å². The van der Waals surface area contributed by atoms with Gasteiger partial charge in [0.15, 0.2) is 0 Å². The molecule has 0 radical (unpaired) electrons. The number of nitrogens with zero attached hydrogens (tertiary/aromatic N) is 2. The first-order valence-electron chi connectivity index (χ1n) is 12.8. The van der Waals surface area contributed by atoms with Crippen LogP contribution in [0, 0.1) is 11.8 Å². The van der Waals surface area contributed by atoms with E-state index in [2.05, 4.69) is 52.3 Å². The number of hydrogen-bond acceptors (Lipinski definition) is 4. The van der Waals surface area contributed by atoms with Crippen LogP contribution in [0.1, 0.15) is 43.2 Å². The van der Waals surface area contributed by atoms with E-state index in [1.54, 1.807) is 0 Å². The molecule has 3 saturated heterocycles. The van der Waals surface area contributed by atoms with E-state index in [1.165, 1.54) is 55.6 Å². The second kappa shape index (κ2) is 6.09. The molecule has 3 heterocycles. The highest BCUT2D eigenvalue weighted by molar-refractivity contribution is 5.56. The van der Waals surface area contributed by atoms with Crippen LogP contribution in [0.15, 0.2) is 48.5 Å². The number of ether oxygens (including phenoxy) is 1. The molecule has 2 aromatic carbocycles. The fourth-order valence-electron chi connectivity index (χ4n) is 8.94. The first-order valence-corrected chi connectivity index (χ1v) is 12.8. The normalized spacial score (nSPS) is 41.4. The lowest BCUT2D eigenvalue weighted by Gasteiger charge is -2.65. The molecule has 4 nitrogen and oxygen atoms in total. The third-order valence-electron chi connectivity index (χ3n) is 10.1. The number of likely N-dealkylation sites (tertiary alicyclic amines) is 1. The molecule has 0 unspecified atom stereocenters. The van der Waals surface area contributed by atoms with Crippen LogP contribution in [0.2, 0.25) is 0 Å². The van der Waals surface area contributed by atoms with Crippen molar-refractivity contribution in [1.29, 1.82) is 0 Å². The van der Waals surface area contributed by atoms with E-state index in [0.29, 0.717) is 29.9 Å². The first-order chi connectivity index (χ1) is 15.7. The summed E-state index contributed by atoms with van der Waals surface area (Å²) in [6.45, 7) is 3.45. The molecule has 4 bridgehead atoms. The topological polar surface area (TPSA) is 35.9 Å². The van der Waals surface area contributed by atoms with E-state index in [-0.39, 0.29) is 11.0 Å². The number of phenolic OH excluding ortho intramolecular Hbond substituents is 1. The Kier molecular flexibility index (Phi) is 3.50. The van der Waals surface area contributed by atoms with Crippen molar-refractivity contribution < 1.29 is 9.84 Å². The van der Waals surface area contributed by atoms with Gasteiger partial charge < -0.3 is 14.7 Å². The zero-order chi connectivity index (χ0) is 21.1. The minimum atomic E-state index is -0.0739. The predicted octanol–water partition coefficient (Wildman–Crippen LogP) is 4.11. The van der Waals surface area contributed by atoms with Crippen LogP contribution in [0.3, 0.4) is 0 Å². The second-order valence-electron chi connectivity index (χ2n) is 11.4. The first kappa shape index (κ1) is 18.4. The molecule has 2 saturated carbocycles. The highest BCUT2D eigenvalue weighted by Gasteiger charge is 2.77. The van der Waals surface area contributed by atoms with Crippen LogP contribution in [0.4, 0.5) is 5.69 Å². The summed E-state index contributed by atoms with van der Waals surface area (Å²) in [6.07, 6.45) is 7.73. The Balaban J connectivity index is 1.29. The summed E-state index contributed by atoms with van der Waals surface area (Å²) in [5.74, 6) is 1.85. The number of rotatable bonds is 3. The van der Waals surface area contributed by atoms with Crippen molar-refractivity contribution in [2.24, 2.45) is 11.8 Å². The van der Waals surface area contributed by atoms with E-state index in [4.69, 9.17) is 4.74 Å². The minimum Gasteiger partial charge on any atom is -0.508 e. The monoisotopic (exact) mass is 428 g/mol. The summed E-state index contributed by atoms with van der Waals surface area (Å²) in [5.41, 5.74) is 4.20. The molecular formula is C28H32N2O2. The molecule has 6 aliphatic rings. The average molecular weight is 429 g/mol. The molecule has 1 N–H and O–H groups in total. The molecule has 2 aromatic rings. The number of benzene rings is 2. The van der Waals surface area contributed by atoms with Crippen LogP contribution in [0.5, 0.6) is 5.75 Å². The Hall–Kier alpha value is -2.04. The van der Waals surface area contributed by atoms with Crippen molar-refractivity contribution in [3.8, 4) is 5.75 Å². The van der Waals surface area contributed by atoms with Crippen molar-refractivity contribution in [3.63, 3.8) is 0 Å². The van der Waals surface area contributed by atoms with Crippen molar-refractivity contribution in [3.05, 3.63) is 59.7 Å². The maximum Gasteiger partial charge on any atom is 0.115 e. The van der Waals surface area contributed by atoms with E-state index < -0.39 is 0 Å². The third-order valence-corrected chi connectivity index (χ3v) is 10.1. The summed E-state index contributed by atoms with van der Waals surface area (Å²) >= 11 is 0. The van der Waals surface area contributed by atoms with Gasteiger partial charge in [-0.1, -0.05) is 24.3 Å². The van der Waals surface area contributed by atoms with Crippen LogP contribution in [-0.2, 0) is 16.6 Å². The number of fused-ring (bicyclic) bond motifs is 1. The molecule has 8 rings (SSSR count).